The number of rotatable bonds is 3. The molecule has 0 aliphatic carbocycles. The van der Waals surface area contributed by atoms with E-state index >= 15 is 0 Å². The largest absolute Gasteiger partial charge is 0.417 e. The fraction of sp³-hybridized carbons (Fsp3) is 0.462. The number of alkyl halides is 3. The van der Waals surface area contributed by atoms with Crippen molar-refractivity contribution >= 4 is 35.0 Å². The number of hydrogen-bond donors (Lipinski definition) is 1. The predicted octanol–water partition coefficient (Wildman–Crippen LogP) is 4.83. The Kier molecular flexibility index (Phi) is 5.38. The van der Waals surface area contributed by atoms with Gasteiger partial charge in [0.1, 0.15) is 0 Å². The van der Waals surface area contributed by atoms with Gasteiger partial charge in [-0.2, -0.15) is 13.2 Å². The number of carbonyl (C=O) groups excluding carboxylic acids is 1. The molecule has 0 aliphatic heterocycles. The molecule has 112 valence electrons. The summed E-state index contributed by atoms with van der Waals surface area (Å²) in [6.07, 6.45) is -4.54. The molecule has 1 aromatic carbocycles. The van der Waals surface area contributed by atoms with Crippen LogP contribution >= 0.6 is 23.4 Å². The van der Waals surface area contributed by atoms with Crippen molar-refractivity contribution in [1.29, 1.82) is 0 Å². The van der Waals surface area contributed by atoms with Gasteiger partial charge in [-0.3, -0.25) is 4.79 Å². The molecule has 0 heterocycles. The first kappa shape index (κ1) is 17.2. The molecular weight excluding hydrogens is 311 g/mol. The Labute approximate surface area is 125 Å². The number of thioether (sulfide) groups is 1. The van der Waals surface area contributed by atoms with Gasteiger partial charge in [0.15, 0.2) is 0 Å². The average molecular weight is 326 g/mol. The van der Waals surface area contributed by atoms with E-state index in [4.69, 9.17) is 11.6 Å². The van der Waals surface area contributed by atoms with E-state index in [-0.39, 0.29) is 27.1 Å². The number of carbonyl (C=O) groups is 1. The highest BCUT2D eigenvalue weighted by molar-refractivity contribution is 8.01. The van der Waals surface area contributed by atoms with Crippen LogP contribution in [0.15, 0.2) is 18.2 Å². The molecule has 1 aromatic rings. The number of benzene rings is 1. The Morgan fingerprint density at radius 3 is 2.40 bits per heavy atom. The van der Waals surface area contributed by atoms with Crippen LogP contribution in [0.2, 0.25) is 5.02 Å². The highest BCUT2D eigenvalue weighted by Crippen LogP contribution is 2.36. The lowest BCUT2D eigenvalue weighted by atomic mass is 10.2. The Bertz CT molecular complexity index is 497. The van der Waals surface area contributed by atoms with Crippen LogP contribution in [-0.2, 0) is 11.0 Å². The lowest BCUT2D eigenvalue weighted by Crippen LogP contribution is -2.19. The van der Waals surface area contributed by atoms with Gasteiger partial charge in [-0.15, -0.1) is 11.8 Å². The van der Waals surface area contributed by atoms with Crippen molar-refractivity contribution in [2.75, 3.05) is 11.1 Å². The van der Waals surface area contributed by atoms with E-state index in [1.54, 1.807) is 0 Å². The molecule has 7 heteroatoms. The molecular formula is C13H15ClF3NOS. The van der Waals surface area contributed by atoms with E-state index < -0.39 is 11.7 Å². The lowest BCUT2D eigenvalue weighted by Gasteiger charge is -2.17. The van der Waals surface area contributed by atoms with E-state index in [9.17, 15) is 18.0 Å². The second-order valence-electron chi connectivity index (χ2n) is 5.14. The van der Waals surface area contributed by atoms with Gasteiger partial charge in [-0.1, -0.05) is 32.4 Å². The Morgan fingerprint density at radius 2 is 1.90 bits per heavy atom. The minimum Gasteiger partial charge on any atom is -0.325 e. The predicted molar refractivity (Wildman–Crippen MR) is 77.3 cm³/mol. The first-order valence-corrected chi connectivity index (χ1v) is 7.16. The van der Waals surface area contributed by atoms with Gasteiger partial charge in [-0.25, -0.2) is 0 Å². The molecule has 1 rings (SSSR count). The van der Waals surface area contributed by atoms with Gasteiger partial charge in [0.25, 0.3) is 0 Å². The summed E-state index contributed by atoms with van der Waals surface area (Å²) in [5.74, 6) is -0.173. The van der Waals surface area contributed by atoms with Crippen LogP contribution in [0.25, 0.3) is 0 Å². The third-order valence-electron chi connectivity index (χ3n) is 2.19. The number of nitrogens with one attached hydrogen (secondary N) is 1. The maximum Gasteiger partial charge on any atom is 0.417 e. The number of anilines is 1. The van der Waals surface area contributed by atoms with Crippen LogP contribution in [0.4, 0.5) is 18.9 Å². The SMILES string of the molecule is CC(C)(C)SCC(=O)Nc1ccc(Cl)c(C(F)(F)F)c1. The minimum atomic E-state index is -4.54. The molecule has 0 unspecified atom stereocenters. The molecule has 0 aromatic heterocycles. The Morgan fingerprint density at radius 1 is 1.30 bits per heavy atom. The van der Waals surface area contributed by atoms with Crippen molar-refractivity contribution in [2.45, 2.75) is 31.7 Å². The van der Waals surface area contributed by atoms with Crippen molar-refractivity contribution in [1.82, 2.24) is 0 Å². The summed E-state index contributed by atoms with van der Waals surface area (Å²) in [5.41, 5.74) is -0.873. The van der Waals surface area contributed by atoms with E-state index in [0.717, 1.165) is 12.1 Å². The molecule has 1 N–H and O–H groups in total. The number of amides is 1. The van der Waals surface area contributed by atoms with Gasteiger partial charge in [0.05, 0.1) is 16.3 Å². The summed E-state index contributed by atoms with van der Waals surface area (Å²) in [7, 11) is 0. The monoisotopic (exact) mass is 325 g/mol. The summed E-state index contributed by atoms with van der Waals surface area (Å²) in [5, 5.41) is 2.05. The van der Waals surface area contributed by atoms with Crippen LogP contribution in [0, 0.1) is 0 Å². The maximum atomic E-state index is 12.7. The molecule has 20 heavy (non-hydrogen) atoms. The number of hydrogen-bond acceptors (Lipinski definition) is 2. The molecule has 0 bridgehead atoms. The zero-order chi connectivity index (χ0) is 15.6. The molecule has 0 saturated carbocycles. The minimum absolute atomic E-state index is 0.0845. The molecule has 0 saturated heterocycles. The lowest BCUT2D eigenvalue weighted by molar-refractivity contribution is -0.137. The third kappa shape index (κ3) is 5.63. The van der Waals surface area contributed by atoms with Gasteiger partial charge >= 0.3 is 6.18 Å². The van der Waals surface area contributed by atoms with Crippen LogP contribution in [-0.4, -0.2) is 16.4 Å². The fourth-order valence-electron chi connectivity index (χ4n) is 1.30. The second kappa shape index (κ2) is 6.26. The van der Waals surface area contributed by atoms with Crippen molar-refractivity contribution in [3.05, 3.63) is 28.8 Å². The summed E-state index contributed by atoms with van der Waals surface area (Å²) in [6.45, 7) is 5.86. The first-order chi connectivity index (χ1) is 8.99. The van der Waals surface area contributed by atoms with E-state index in [2.05, 4.69) is 5.32 Å². The summed E-state index contributed by atoms with van der Waals surface area (Å²) >= 11 is 6.92. The molecule has 0 fully saturated rings. The standard InChI is InChI=1S/C13H15ClF3NOS/c1-12(2,3)20-7-11(19)18-8-4-5-10(14)9(6-8)13(15,16)17/h4-6H,7H2,1-3H3,(H,18,19). The van der Waals surface area contributed by atoms with Crippen LogP contribution in [0.5, 0.6) is 0 Å². The maximum absolute atomic E-state index is 12.7. The molecule has 0 aliphatic rings. The number of halogens is 4. The van der Waals surface area contributed by atoms with Crippen molar-refractivity contribution in [3.8, 4) is 0 Å². The van der Waals surface area contributed by atoms with Crippen LogP contribution in [0.3, 0.4) is 0 Å². The van der Waals surface area contributed by atoms with Crippen molar-refractivity contribution in [3.63, 3.8) is 0 Å². The van der Waals surface area contributed by atoms with Gasteiger partial charge < -0.3 is 5.32 Å². The molecule has 2 nitrogen and oxygen atoms in total. The fourth-order valence-corrected chi connectivity index (χ4v) is 2.16. The van der Waals surface area contributed by atoms with E-state index in [1.165, 1.54) is 17.8 Å². The quantitative estimate of drug-likeness (QED) is 0.862. The van der Waals surface area contributed by atoms with E-state index in [1.807, 2.05) is 20.8 Å². The average Bonchev–Trinajstić information content (AvgIpc) is 2.27. The van der Waals surface area contributed by atoms with Crippen molar-refractivity contribution in [2.24, 2.45) is 0 Å². The van der Waals surface area contributed by atoms with Crippen LogP contribution < -0.4 is 5.32 Å². The highest BCUT2D eigenvalue weighted by Gasteiger charge is 2.33. The second-order valence-corrected chi connectivity index (χ2v) is 7.35. The zero-order valence-corrected chi connectivity index (χ0v) is 12.8. The highest BCUT2D eigenvalue weighted by atomic mass is 35.5. The molecule has 1 amide bonds. The summed E-state index contributed by atoms with van der Waals surface area (Å²) in [4.78, 5) is 11.7. The smallest absolute Gasteiger partial charge is 0.325 e. The molecule has 0 atom stereocenters. The molecule has 0 radical (unpaired) electrons. The Balaban J connectivity index is 2.77. The van der Waals surface area contributed by atoms with Gasteiger partial charge in [0.2, 0.25) is 5.91 Å². The van der Waals surface area contributed by atoms with Crippen LogP contribution in [0.1, 0.15) is 26.3 Å². The summed E-state index contributed by atoms with van der Waals surface area (Å²) in [6, 6.07) is 3.30. The summed E-state index contributed by atoms with van der Waals surface area (Å²) < 4.78 is 37.9. The first-order valence-electron chi connectivity index (χ1n) is 5.79. The van der Waals surface area contributed by atoms with Gasteiger partial charge in [-0.05, 0) is 18.2 Å². The van der Waals surface area contributed by atoms with E-state index in [0.29, 0.717) is 0 Å². The van der Waals surface area contributed by atoms with Crippen molar-refractivity contribution < 1.29 is 18.0 Å². The normalized spacial score (nSPS) is 12.3. The molecule has 0 spiro atoms. The topological polar surface area (TPSA) is 29.1 Å². The van der Waals surface area contributed by atoms with Gasteiger partial charge in [0, 0.05) is 10.4 Å². The third-order valence-corrected chi connectivity index (χ3v) is 3.79. The zero-order valence-electron chi connectivity index (χ0n) is 11.3. The Hall–Kier alpha value is -0.880.